The summed E-state index contributed by atoms with van der Waals surface area (Å²) in [6.07, 6.45) is 1.16. The van der Waals surface area contributed by atoms with E-state index in [2.05, 4.69) is 33.1 Å². The number of nitrogens with zero attached hydrogens (tertiary/aromatic N) is 1. The highest BCUT2D eigenvalue weighted by molar-refractivity contribution is 9.10. The van der Waals surface area contributed by atoms with Gasteiger partial charge in [-0.05, 0) is 53.5 Å². The third-order valence-corrected chi connectivity index (χ3v) is 4.74. The molecule has 0 bridgehead atoms. The number of hydrogen-bond donors (Lipinski definition) is 2. The smallest absolute Gasteiger partial charge is 0.161 e. The molecule has 1 aliphatic rings. The van der Waals surface area contributed by atoms with Gasteiger partial charge in [-0.1, -0.05) is 19.1 Å². The van der Waals surface area contributed by atoms with Crippen LogP contribution in [-0.2, 0) is 0 Å². The summed E-state index contributed by atoms with van der Waals surface area (Å²) < 4.78 is 14.5. The number of anilines is 1. The van der Waals surface area contributed by atoms with Crippen LogP contribution < -0.4 is 11.1 Å². The van der Waals surface area contributed by atoms with E-state index in [4.69, 9.17) is 18.0 Å². The van der Waals surface area contributed by atoms with Gasteiger partial charge >= 0.3 is 0 Å². The number of benzene rings is 1. The minimum absolute atomic E-state index is 0.191. The Morgan fingerprint density at radius 2 is 2.35 bits per heavy atom. The Bertz CT molecular complexity index is 509. The summed E-state index contributed by atoms with van der Waals surface area (Å²) in [5.41, 5.74) is 6.57. The normalized spacial score (nSPS) is 19.2. The molecule has 0 amide bonds. The van der Waals surface area contributed by atoms with Gasteiger partial charge in [0.15, 0.2) is 5.82 Å². The molecule has 110 valence electrons. The lowest BCUT2D eigenvalue weighted by Crippen LogP contribution is -2.22. The molecule has 6 heteroatoms. The topological polar surface area (TPSA) is 41.3 Å². The zero-order valence-electron chi connectivity index (χ0n) is 11.5. The maximum Gasteiger partial charge on any atom is 0.161 e. The van der Waals surface area contributed by atoms with Crippen molar-refractivity contribution in [2.45, 2.75) is 13.3 Å². The quantitative estimate of drug-likeness (QED) is 0.793. The molecule has 1 saturated heterocycles. The average molecular weight is 360 g/mol. The molecule has 20 heavy (non-hydrogen) atoms. The fraction of sp³-hybridized carbons (Fsp3) is 0.500. The largest absolute Gasteiger partial charge is 0.389 e. The van der Waals surface area contributed by atoms with Crippen molar-refractivity contribution in [3.8, 4) is 0 Å². The van der Waals surface area contributed by atoms with Crippen molar-refractivity contribution >= 4 is 38.8 Å². The van der Waals surface area contributed by atoms with Crippen LogP contribution in [0.2, 0.25) is 0 Å². The van der Waals surface area contributed by atoms with Crippen molar-refractivity contribution in [3.63, 3.8) is 0 Å². The molecule has 0 aromatic heterocycles. The third-order valence-electron chi connectivity index (χ3n) is 3.75. The molecule has 0 spiro atoms. The molecule has 1 aromatic carbocycles. The summed E-state index contributed by atoms with van der Waals surface area (Å²) in [7, 11) is 0. The van der Waals surface area contributed by atoms with Gasteiger partial charge < -0.3 is 16.0 Å². The number of likely N-dealkylation sites (tertiary alicyclic amines) is 1. The maximum absolute atomic E-state index is 14.2. The Morgan fingerprint density at radius 3 is 2.95 bits per heavy atom. The average Bonchev–Trinajstić information content (AvgIpc) is 2.88. The zero-order chi connectivity index (χ0) is 14.7. The summed E-state index contributed by atoms with van der Waals surface area (Å²) in [5, 5.41) is 3.19. The van der Waals surface area contributed by atoms with Crippen LogP contribution in [0.1, 0.15) is 18.9 Å². The Morgan fingerprint density at radius 1 is 1.60 bits per heavy atom. The molecule has 0 aliphatic carbocycles. The van der Waals surface area contributed by atoms with Crippen LogP contribution in [0.4, 0.5) is 10.1 Å². The van der Waals surface area contributed by atoms with Gasteiger partial charge in [-0.2, -0.15) is 0 Å². The first-order valence-corrected chi connectivity index (χ1v) is 7.97. The molecule has 1 unspecified atom stereocenters. The SMILES string of the molecule is CCN1CCC(CNc2ccc(C(N)=S)c(Br)c2F)C1. The molecule has 1 fully saturated rings. The molecule has 1 heterocycles. The first kappa shape index (κ1) is 15.7. The van der Waals surface area contributed by atoms with E-state index in [1.54, 1.807) is 12.1 Å². The van der Waals surface area contributed by atoms with Crippen LogP contribution in [0.25, 0.3) is 0 Å². The summed E-state index contributed by atoms with van der Waals surface area (Å²) in [6.45, 7) is 6.25. The number of hydrogen-bond acceptors (Lipinski definition) is 3. The molecular formula is C14H19BrFN3S. The zero-order valence-corrected chi connectivity index (χ0v) is 13.9. The Kier molecular flexibility index (Phi) is 5.35. The molecule has 1 aliphatic heterocycles. The second-order valence-corrected chi connectivity index (χ2v) is 6.31. The van der Waals surface area contributed by atoms with Gasteiger partial charge in [-0.15, -0.1) is 0 Å². The standard InChI is InChI=1S/C14H19BrFN3S/c1-2-19-6-5-9(8-19)7-18-11-4-3-10(14(17)20)12(15)13(11)16/h3-4,9,18H,2,5-8H2,1H3,(H2,17,20). The molecule has 1 atom stereocenters. The molecule has 2 rings (SSSR count). The Balaban J connectivity index is 2.00. The summed E-state index contributed by atoms with van der Waals surface area (Å²) in [5.74, 6) is 0.240. The van der Waals surface area contributed by atoms with Crippen LogP contribution in [0.5, 0.6) is 0 Å². The van der Waals surface area contributed by atoms with Crippen LogP contribution in [0, 0.1) is 11.7 Å². The highest BCUT2D eigenvalue weighted by atomic mass is 79.9. The van der Waals surface area contributed by atoms with Crippen molar-refractivity contribution in [3.05, 3.63) is 28.0 Å². The summed E-state index contributed by atoms with van der Waals surface area (Å²) >= 11 is 8.10. The molecule has 0 saturated carbocycles. The monoisotopic (exact) mass is 359 g/mol. The second kappa shape index (κ2) is 6.83. The van der Waals surface area contributed by atoms with Gasteiger partial charge in [-0.25, -0.2) is 4.39 Å². The summed E-state index contributed by atoms with van der Waals surface area (Å²) in [6, 6.07) is 3.44. The number of nitrogens with one attached hydrogen (secondary N) is 1. The first-order valence-electron chi connectivity index (χ1n) is 6.77. The molecule has 0 radical (unpaired) electrons. The van der Waals surface area contributed by atoms with Gasteiger partial charge in [-0.3, -0.25) is 0 Å². The van der Waals surface area contributed by atoms with Gasteiger partial charge in [0.05, 0.1) is 10.2 Å². The first-order chi connectivity index (χ1) is 9.52. The lowest BCUT2D eigenvalue weighted by Gasteiger charge is -2.15. The highest BCUT2D eigenvalue weighted by Crippen LogP contribution is 2.27. The Labute approximate surface area is 132 Å². The molecule has 3 N–H and O–H groups in total. The fourth-order valence-electron chi connectivity index (χ4n) is 2.50. The number of nitrogens with two attached hydrogens (primary N) is 1. The van der Waals surface area contributed by atoms with E-state index < -0.39 is 0 Å². The highest BCUT2D eigenvalue weighted by Gasteiger charge is 2.21. The minimum atomic E-state index is -0.333. The van der Waals surface area contributed by atoms with E-state index in [0.717, 1.165) is 32.6 Å². The van der Waals surface area contributed by atoms with Crippen LogP contribution in [0.15, 0.2) is 16.6 Å². The van der Waals surface area contributed by atoms with E-state index >= 15 is 0 Å². The van der Waals surface area contributed by atoms with Gasteiger partial charge in [0, 0.05) is 18.7 Å². The molecule has 3 nitrogen and oxygen atoms in total. The summed E-state index contributed by atoms with van der Waals surface area (Å²) in [4.78, 5) is 2.60. The minimum Gasteiger partial charge on any atom is -0.389 e. The molecular weight excluding hydrogens is 341 g/mol. The van der Waals surface area contributed by atoms with E-state index in [1.165, 1.54) is 0 Å². The third kappa shape index (κ3) is 3.48. The van der Waals surface area contributed by atoms with E-state index in [0.29, 0.717) is 21.6 Å². The van der Waals surface area contributed by atoms with E-state index in [-0.39, 0.29) is 10.8 Å². The van der Waals surface area contributed by atoms with E-state index in [1.807, 2.05) is 0 Å². The van der Waals surface area contributed by atoms with Gasteiger partial charge in [0.25, 0.3) is 0 Å². The number of halogens is 2. The number of thiocarbonyl (C=S) groups is 1. The van der Waals surface area contributed by atoms with Crippen molar-refractivity contribution in [1.29, 1.82) is 0 Å². The maximum atomic E-state index is 14.2. The van der Waals surface area contributed by atoms with Crippen molar-refractivity contribution in [2.75, 3.05) is 31.5 Å². The van der Waals surface area contributed by atoms with Crippen molar-refractivity contribution < 1.29 is 4.39 Å². The predicted octanol–water partition coefficient (Wildman–Crippen LogP) is 2.98. The van der Waals surface area contributed by atoms with Gasteiger partial charge in [0.2, 0.25) is 0 Å². The fourth-order valence-corrected chi connectivity index (χ4v) is 3.36. The van der Waals surface area contributed by atoms with Gasteiger partial charge in [0.1, 0.15) is 4.99 Å². The Hall–Kier alpha value is -0.720. The van der Waals surface area contributed by atoms with Crippen LogP contribution in [-0.4, -0.2) is 36.1 Å². The molecule has 1 aromatic rings. The van der Waals surface area contributed by atoms with Crippen LogP contribution in [0.3, 0.4) is 0 Å². The van der Waals surface area contributed by atoms with Crippen molar-refractivity contribution in [1.82, 2.24) is 4.90 Å². The second-order valence-electron chi connectivity index (χ2n) is 5.08. The van der Waals surface area contributed by atoms with Crippen molar-refractivity contribution in [2.24, 2.45) is 11.7 Å². The van der Waals surface area contributed by atoms with E-state index in [9.17, 15) is 4.39 Å². The van der Waals surface area contributed by atoms with Crippen LogP contribution >= 0.6 is 28.1 Å². The predicted molar refractivity (Wildman–Crippen MR) is 88.7 cm³/mol. The lowest BCUT2D eigenvalue weighted by molar-refractivity contribution is 0.345. The lowest BCUT2D eigenvalue weighted by atomic mass is 10.1. The number of rotatable bonds is 5.